The molecule has 0 N–H and O–H groups in total. The Hall–Kier alpha value is -3.16. The van der Waals surface area contributed by atoms with Crippen molar-refractivity contribution in [3.8, 4) is 11.6 Å². The Morgan fingerprint density at radius 2 is 1.96 bits per heavy atom. The van der Waals surface area contributed by atoms with Crippen molar-refractivity contribution in [3.63, 3.8) is 0 Å². The Bertz CT molecular complexity index is 1040. The highest BCUT2D eigenvalue weighted by molar-refractivity contribution is 5.80. The van der Waals surface area contributed by atoms with Crippen LogP contribution in [0.1, 0.15) is 18.4 Å². The van der Waals surface area contributed by atoms with Gasteiger partial charge in [-0.3, -0.25) is 4.79 Å². The highest BCUT2D eigenvalue weighted by Crippen LogP contribution is 2.26. The fraction of sp³-hybridized carbons (Fsp3) is 0.400. The molecule has 0 unspecified atom stereocenters. The van der Waals surface area contributed by atoms with Gasteiger partial charge in [0.05, 0.1) is 30.4 Å². The summed E-state index contributed by atoms with van der Waals surface area (Å²) >= 11 is 0. The Labute approximate surface area is 162 Å². The number of piperidine rings is 1. The summed E-state index contributed by atoms with van der Waals surface area (Å²) in [4.78, 5) is 23.4. The standard InChI is InChI=1S/C20H23N5O3/c1-13-10-16-17(12-22-24(2)20(16)26)23-19(13)25-8-6-14(7-9-25)28-15-4-5-18(27-3)21-11-15/h4-5,10-12,14H,6-9H2,1-3H3. The minimum Gasteiger partial charge on any atom is -0.489 e. The third kappa shape index (κ3) is 3.49. The van der Waals surface area contributed by atoms with Crippen LogP contribution in [-0.4, -0.2) is 46.1 Å². The van der Waals surface area contributed by atoms with Crippen LogP contribution in [0, 0.1) is 6.92 Å². The van der Waals surface area contributed by atoms with Crippen molar-refractivity contribution in [1.82, 2.24) is 19.7 Å². The van der Waals surface area contributed by atoms with Crippen LogP contribution in [0.4, 0.5) is 5.82 Å². The molecule has 1 aliphatic rings. The molecule has 4 rings (SSSR count). The molecule has 8 heteroatoms. The van der Waals surface area contributed by atoms with E-state index in [9.17, 15) is 4.79 Å². The number of nitrogens with zero attached hydrogens (tertiary/aromatic N) is 5. The number of anilines is 1. The maximum absolute atomic E-state index is 12.2. The molecule has 0 saturated carbocycles. The molecule has 3 aromatic heterocycles. The normalized spacial score (nSPS) is 15.0. The molecule has 1 fully saturated rings. The van der Waals surface area contributed by atoms with Gasteiger partial charge in [-0.15, -0.1) is 0 Å². The summed E-state index contributed by atoms with van der Waals surface area (Å²) in [5, 5.41) is 4.68. The van der Waals surface area contributed by atoms with Crippen LogP contribution in [0.3, 0.4) is 0 Å². The molecular formula is C20H23N5O3. The van der Waals surface area contributed by atoms with Gasteiger partial charge in [-0.2, -0.15) is 5.10 Å². The molecule has 8 nitrogen and oxygen atoms in total. The lowest BCUT2D eigenvalue weighted by Crippen LogP contribution is -2.39. The lowest BCUT2D eigenvalue weighted by atomic mass is 10.1. The summed E-state index contributed by atoms with van der Waals surface area (Å²) in [6, 6.07) is 5.58. The van der Waals surface area contributed by atoms with Gasteiger partial charge < -0.3 is 14.4 Å². The van der Waals surface area contributed by atoms with Crippen molar-refractivity contribution in [3.05, 3.63) is 46.5 Å². The van der Waals surface area contributed by atoms with Crippen LogP contribution >= 0.6 is 0 Å². The van der Waals surface area contributed by atoms with Crippen molar-refractivity contribution in [2.45, 2.75) is 25.9 Å². The number of aryl methyl sites for hydroxylation is 2. The van der Waals surface area contributed by atoms with Gasteiger partial charge in [0.2, 0.25) is 5.88 Å². The number of methoxy groups -OCH3 is 1. The van der Waals surface area contributed by atoms with Crippen LogP contribution in [0.5, 0.6) is 11.6 Å². The minimum absolute atomic E-state index is 0.125. The number of pyridine rings is 2. The van der Waals surface area contributed by atoms with Crippen LogP contribution < -0.4 is 19.9 Å². The summed E-state index contributed by atoms with van der Waals surface area (Å²) in [5.74, 6) is 2.23. The largest absolute Gasteiger partial charge is 0.489 e. The number of fused-ring (bicyclic) bond motifs is 1. The Balaban J connectivity index is 1.46. The van der Waals surface area contributed by atoms with Gasteiger partial charge in [0.1, 0.15) is 17.7 Å². The van der Waals surface area contributed by atoms with Crippen LogP contribution in [0.25, 0.3) is 10.9 Å². The van der Waals surface area contributed by atoms with Crippen molar-refractivity contribution in [1.29, 1.82) is 0 Å². The molecule has 1 saturated heterocycles. The van der Waals surface area contributed by atoms with Gasteiger partial charge in [0.25, 0.3) is 5.56 Å². The van der Waals surface area contributed by atoms with Gasteiger partial charge in [-0.05, 0) is 24.6 Å². The number of rotatable bonds is 4. The van der Waals surface area contributed by atoms with E-state index in [4.69, 9.17) is 14.5 Å². The second-order valence-corrected chi connectivity index (χ2v) is 6.98. The molecule has 0 aromatic carbocycles. The number of aromatic nitrogens is 4. The van der Waals surface area contributed by atoms with Crippen molar-refractivity contribution >= 4 is 16.7 Å². The zero-order chi connectivity index (χ0) is 19.7. The van der Waals surface area contributed by atoms with Crippen LogP contribution in [0.2, 0.25) is 0 Å². The van der Waals surface area contributed by atoms with Crippen molar-refractivity contribution in [2.75, 3.05) is 25.1 Å². The fourth-order valence-electron chi connectivity index (χ4n) is 3.51. The van der Waals surface area contributed by atoms with E-state index in [1.54, 1.807) is 32.6 Å². The first-order valence-electron chi connectivity index (χ1n) is 9.30. The van der Waals surface area contributed by atoms with Crippen LogP contribution in [0.15, 0.2) is 35.4 Å². The van der Waals surface area contributed by atoms with E-state index in [1.165, 1.54) is 4.68 Å². The molecule has 0 atom stereocenters. The summed E-state index contributed by atoms with van der Waals surface area (Å²) < 4.78 is 12.5. The molecule has 0 bridgehead atoms. The first-order valence-corrected chi connectivity index (χ1v) is 9.30. The van der Waals surface area contributed by atoms with Gasteiger partial charge in [0, 0.05) is 39.0 Å². The predicted octanol–water partition coefficient (Wildman–Crippen LogP) is 2.09. The van der Waals surface area contributed by atoms with E-state index in [0.29, 0.717) is 16.8 Å². The Morgan fingerprint density at radius 1 is 1.18 bits per heavy atom. The maximum Gasteiger partial charge on any atom is 0.275 e. The summed E-state index contributed by atoms with van der Waals surface area (Å²) in [5.41, 5.74) is 1.50. The van der Waals surface area contributed by atoms with E-state index in [2.05, 4.69) is 15.0 Å². The Morgan fingerprint density at radius 3 is 2.64 bits per heavy atom. The highest BCUT2D eigenvalue weighted by Gasteiger charge is 2.23. The Kier molecular flexibility index (Phi) is 4.85. The van der Waals surface area contributed by atoms with E-state index in [-0.39, 0.29) is 11.7 Å². The van der Waals surface area contributed by atoms with Crippen molar-refractivity contribution in [2.24, 2.45) is 7.05 Å². The lowest BCUT2D eigenvalue weighted by Gasteiger charge is -2.33. The van der Waals surface area contributed by atoms with E-state index in [0.717, 1.165) is 43.1 Å². The smallest absolute Gasteiger partial charge is 0.275 e. The summed E-state index contributed by atoms with van der Waals surface area (Å²) in [6.45, 7) is 3.67. The topological polar surface area (TPSA) is 82.4 Å². The van der Waals surface area contributed by atoms with Gasteiger partial charge >= 0.3 is 0 Å². The molecule has 0 radical (unpaired) electrons. The third-order valence-corrected chi connectivity index (χ3v) is 5.06. The number of hydrogen-bond acceptors (Lipinski definition) is 7. The second kappa shape index (κ2) is 7.46. The highest BCUT2D eigenvalue weighted by atomic mass is 16.5. The molecule has 0 amide bonds. The first kappa shape index (κ1) is 18.2. The van der Waals surface area contributed by atoms with E-state index < -0.39 is 0 Å². The molecule has 28 heavy (non-hydrogen) atoms. The SMILES string of the molecule is COc1ccc(OC2CCN(c3nc4cnn(C)c(=O)c4cc3C)CC2)cn1. The zero-order valence-corrected chi connectivity index (χ0v) is 16.3. The average molecular weight is 381 g/mol. The van der Waals surface area contributed by atoms with E-state index in [1.807, 2.05) is 19.1 Å². The molecule has 3 aromatic rings. The number of hydrogen-bond donors (Lipinski definition) is 0. The van der Waals surface area contributed by atoms with Gasteiger partial charge in [-0.25, -0.2) is 14.6 Å². The number of ether oxygens (including phenoxy) is 2. The van der Waals surface area contributed by atoms with Crippen molar-refractivity contribution < 1.29 is 9.47 Å². The van der Waals surface area contributed by atoms with Gasteiger partial charge in [-0.1, -0.05) is 0 Å². The summed E-state index contributed by atoms with van der Waals surface area (Å²) in [7, 11) is 3.24. The fourth-order valence-corrected chi connectivity index (χ4v) is 3.51. The van der Waals surface area contributed by atoms with Crippen LogP contribution in [-0.2, 0) is 7.05 Å². The molecular weight excluding hydrogens is 358 g/mol. The predicted molar refractivity (Wildman–Crippen MR) is 106 cm³/mol. The second-order valence-electron chi connectivity index (χ2n) is 6.98. The maximum atomic E-state index is 12.2. The molecule has 0 aliphatic carbocycles. The average Bonchev–Trinajstić information content (AvgIpc) is 2.72. The van der Waals surface area contributed by atoms with Gasteiger partial charge in [0.15, 0.2) is 0 Å². The van der Waals surface area contributed by atoms with E-state index >= 15 is 0 Å². The first-order chi connectivity index (χ1) is 13.5. The quantitative estimate of drug-likeness (QED) is 0.684. The molecule has 146 valence electrons. The molecule has 4 heterocycles. The molecule has 0 spiro atoms. The zero-order valence-electron chi connectivity index (χ0n) is 16.3. The monoisotopic (exact) mass is 381 g/mol. The minimum atomic E-state index is -0.125. The summed E-state index contributed by atoms with van der Waals surface area (Å²) in [6.07, 6.45) is 5.25. The third-order valence-electron chi connectivity index (χ3n) is 5.06. The molecule has 1 aliphatic heterocycles. The lowest BCUT2D eigenvalue weighted by molar-refractivity contribution is 0.170.